The van der Waals surface area contributed by atoms with Gasteiger partial charge >= 0.3 is 0 Å². The van der Waals surface area contributed by atoms with Gasteiger partial charge in [0.2, 0.25) is 0 Å². The van der Waals surface area contributed by atoms with Gasteiger partial charge in [-0.2, -0.15) is 0 Å². The Kier molecular flexibility index (Phi) is 9.74. The van der Waals surface area contributed by atoms with Gasteiger partial charge in [-0.05, 0) is 38.4 Å². The average Bonchev–Trinajstić information content (AvgIpc) is 2.63. The van der Waals surface area contributed by atoms with Crippen molar-refractivity contribution in [2.24, 2.45) is 4.99 Å². The number of aliphatic imine (C=N–C) groups is 1. The molecule has 1 aliphatic rings. The van der Waals surface area contributed by atoms with Crippen molar-refractivity contribution in [2.75, 3.05) is 47.4 Å². The van der Waals surface area contributed by atoms with Crippen LogP contribution < -0.4 is 10.6 Å². The van der Waals surface area contributed by atoms with E-state index in [0.717, 1.165) is 45.1 Å². The van der Waals surface area contributed by atoms with E-state index in [1.54, 1.807) is 0 Å². The molecule has 0 bridgehead atoms. The first kappa shape index (κ1) is 22.2. The van der Waals surface area contributed by atoms with Crippen LogP contribution in [0, 0.1) is 0 Å². The van der Waals surface area contributed by atoms with Crippen LogP contribution in [0.5, 0.6) is 0 Å². The van der Waals surface area contributed by atoms with Crippen molar-refractivity contribution in [2.45, 2.75) is 31.2 Å². The van der Waals surface area contributed by atoms with Crippen molar-refractivity contribution in [1.29, 1.82) is 0 Å². The Morgan fingerprint density at radius 3 is 2.40 bits per heavy atom. The second-order valence-electron chi connectivity index (χ2n) is 6.85. The minimum Gasteiger partial charge on any atom is -0.381 e. The lowest BCUT2D eigenvalue weighted by Crippen LogP contribution is -2.57. The van der Waals surface area contributed by atoms with E-state index in [2.05, 4.69) is 71.9 Å². The smallest absolute Gasteiger partial charge is 0.191 e. The summed E-state index contributed by atoms with van der Waals surface area (Å²) in [4.78, 5) is 6.69. The average molecular weight is 460 g/mol. The van der Waals surface area contributed by atoms with Gasteiger partial charge in [0.05, 0.1) is 0 Å². The molecule has 1 heterocycles. The van der Waals surface area contributed by atoms with Crippen molar-refractivity contribution in [3.63, 3.8) is 0 Å². The lowest BCUT2D eigenvalue weighted by molar-refractivity contribution is -0.00501. The molecule has 5 nitrogen and oxygen atoms in total. The molecule has 0 spiro atoms. The van der Waals surface area contributed by atoms with E-state index in [-0.39, 0.29) is 29.5 Å². The fourth-order valence-corrected chi connectivity index (χ4v) is 3.15. The number of likely N-dealkylation sites (N-methyl/N-ethyl adjacent to an activating group) is 1. The Morgan fingerprint density at radius 2 is 1.84 bits per heavy atom. The second kappa shape index (κ2) is 11.0. The molecule has 1 aliphatic heterocycles. The minimum absolute atomic E-state index is 0. The Hall–Kier alpha value is -0.860. The van der Waals surface area contributed by atoms with E-state index >= 15 is 0 Å². The fraction of sp³-hybridized carbons (Fsp3) is 0.632. The summed E-state index contributed by atoms with van der Waals surface area (Å²) >= 11 is 0. The molecule has 142 valence electrons. The first-order valence-electron chi connectivity index (χ1n) is 8.82. The molecule has 1 aromatic rings. The van der Waals surface area contributed by atoms with Crippen LogP contribution in [0.4, 0.5) is 0 Å². The standard InChI is InChI=1S/C19H32N4O.HI/c1-16(17-8-6-5-7-9-17)14-21-18(20-2)22-15-19(23(3)4)10-12-24-13-11-19;/h5-9,16H,10-15H2,1-4H3,(H2,20,21,22);1H. The first-order valence-corrected chi connectivity index (χ1v) is 8.82. The fourth-order valence-electron chi connectivity index (χ4n) is 3.15. The van der Waals surface area contributed by atoms with Crippen LogP contribution in [0.15, 0.2) is 35.3 Å². The molecule has 6 heteroatoms. The molecule has 1 atom stereocenters. The van der Waals surface area contributed by atoms with Gasteiger partial charge in [-0.25, -0.2) is 0 Å². The van der Waals surface area contributed by atoms with Crippen LogP contribution >= 0.6 is 24.0 Å². The van der Waals surface area contributed by atoms with Crippen LogP contribution in [0.2, 0.25) is 0 Å². The molecular formula is C19H33IN4O. The van der Waals surface area contributed by atoms with Crippen LogP contribution in [-0.2, 0) is 4.74 Å². The Bertz CT molecular complexity index is 515. The van der Waals surface area contributed by atoms with Crippen molar-refractivity contribution in [3.8, 4) is 0 Å². The molecule has 2 rings (SSSR count). The summed E-state index contributed by atoms with van der Waals surface area (Å²) in [7, 11) is 6.14. The highest BCUT2D eigenvalue weighted by atomic mass is 127. The number of hydrogen-bond acceptors (Lipinski definition) is 3. The lowest BCUT2D eigenvalue weighted by atomic mass is 9.88. The van der Waals surface area contributed by atoms with Crippen LogP contribution in [0.1, 0.15) is 31.2 Å². The second-order valence-corrected chi connectivity index (χ2v) is 6.85. The van der Waals surface area contributed by atoms with Gasteiger partial charge in [-0.3, -0.25) is 4.99 Å². The van der Waals surface area contributed by atoms with Crippen molar-refractivity contribution < 1.29 is 4.74 Å². The van der Waals surface area contributed by atoms with Gasteiger partial charge < -0.3 is 20.3 Å². The molecule has 1 aromatic carbocycles. The third kappa shape index (κ3) is 6.42. The summed E-state index contributed by atoms with van der Waals surface area (Å²) in [6.45, 7) is 5.63. The predicted molar refractivity (Wildman–Crippen MR) is 116 cm³/mol. The van der Waals surface area contributed by atoms with Crippen molar-refractivity contribution in [1.82, 2.24) is 15.5 Å². The van der Waals surface area contributed by atoms with E-state index in [1.165, 1.54) is 5.56 Å². The summed E-state index contributed by atoms with van der Waals surface area (Å²) < 4.78 is 5.54. The van der Waals surface area contributed by atoms with E-state index in [4.69, 9.17) is 4.74 Å². The number of nitrogens with one attached hydrogen (secondary N) is 2. The van der Waals surface area contributed by atoms with Gasteiger partial charge in [0, 0.05) is 38.9 Å². The molecule has 1 saturated heterocycles. The number of ether oxygens (including phenoxy) is 1. The zero-order chi connectivity index (χ0) is 17.4. The van der Waals surface area contributed by atoms with E-state index < -0.39 is 0 Å². The summed E-state index contributed by atoms with van der Waals surface area (Å²) in [6.07, 6.45) is 2.09. The van der Waals surface area contributed by atoms with Crippen LogP contribution in [0.3, 0.4) is 0 Å². The Labute approximate surface area is 169 Å². The maximum atomic E-state index is 5.54. The maximum absolute atomic E-state index is 5.54. The van der Waals surface area contributed by atoms with Gasteiger partial charge in [0.25, 0.3) is 0 Å². The molecule has 0 aliphatic carbocycles. The maximum Gasteiger partial charge on any atom is 0.191 e. The highest BCUT2D eigenvalue weighted by Crippen LogP contribution is 2.25. The normalized spacial score (nSPS) is 18.4. The topological polar surface area (TPSA) is 48.9 Å². The van der Waals surface area contributed by atoms with E-state index in [0.29, 0.717) is 5.92 Å². The van der Waals surface area contributed by atoms with E-state index in [1.807, 2.05) is 7.05 Å². The quantitative estimate of drug-likeness (QED) is 0.390. The van der Waals surface area contributed by atoms with Crippen LogP contribution in [-0.4, -0.2) is 63.8 Å². The Morgan fingerprint density at radius 1 is 1.20 bits per heavy atom. The zero-order valence-corrected chi connectivity index (χ0v) is 18.2. The minimum atomic E-state index is 0. The molecule has 2 N–H and O–H groups in total. The number of hydrogen-bond donors (Lipinski definition) is 2. The summed E-state index contributed by atoms with van der Waals surface area (Å²) in [5.41, 5.74) is 1.48. The third-order valence-corrected chi connectivity index (χ3v) is 5.12. The molecule has 1 fully saturated rings. The molecular weight excluding hydrogens is 427 g/mol. The highest BCUT2D eigenvalue weighted by Gasteiger charge is 2.34. The monoisotopic (exact) mass is 460 g/mol. The molecule has 25 heavy (non-hydrogen) atoms. The third-order valence-electron chi connectivity index (χ3n) is 5.12. The molecule has 0 radical (unpaired) electrons. The van der Waals surface area contributed by atoms with Gasteiger partial charge in [0.15, 0.2) is 5.96 Å². The van der Waals surface area contributed by atoms with Gasteiger partial charge in [-0.1, -0.05) is 37.3 Å². The van der Waals surface area contributed by atoms with Gasteiger partial charge in [-0.15, -0.1) is 24.0 Å². The molecule has 0 saturated carbocycles. The van der Waals surface area contributed by atoms with E-state index in [9.17, 15) is 0 Å². The number of nitrogens with zero attached hydrogens (tertiary/aromatic N) is 2. The predicted octanol–water partition coefficient (Wildman–Crippen LogP) is 2.68. The SMILES string of the molecule is CN=C(NCC(C)c1ccccc1)NCC1(N(C)C)CCOCC1.I. The van der Waals surface area contributed by atoms with Crippen LogP contribution in [0.25, 0.3) is 0 Å². The highest BCUT2D eigenvalue weighted by molar-refractivity contribution is 14.0. The zero-order valence-electron chi connectivity index (χ0n) is 15.9. The Balaban J connectivity index is 0.00000312. The number of guanidine groups is 1. The van der Waals surface area contributed by atoms with Crippen molar-refractivity contribution in [3.05, 3.63) is 35.9 Å². The number of halogens is 1. The summed E-state index contributed by atoms with van der Waals surface area (Å²) in [5, 5.41) is 6.96. The van der Waals surface area contributed by atoms with Gasteiger partial charge in [0.1, 0.15) is 0 Å². The summed E-state index contributed by atoms with van der Waals surface area (Å²) in [6, 6.07) is 10.6. The first-order chi connectivity index (χ1) is 11.6. The molecule has 0 aromatic heterocycles. The number of rotatable bonds is 6. The van der Waals surface area contributed by atoms with Crippen molar-refractivity contribution >= 4 is 29.9 Å². The molecule has 1 unspecified atom stereocenters. The lowest BCUT2D eigenvalue weighted by Gasteiger charge is -2.43. The molecule has 0 amide bonds. The number of benzene rings is 1. The summed E-state index contributed by atoms with van der Waals surface area (Å²) in [5.74, 6) is 1.31. The largest absolute Gasteiger partial charge is 0.381 e.